The topological polar surface area (TPSA) is 75.3 Å². The summed E-state index contributed by atoms with van der Waals surface area (Å²) in [4.78, 5) is 10.9. The fourth-order valence-electron chi connectivity index (χ4n) is 2.32. The van der Waals surface area contributed by atoms with Gasteiger partial charge in [-0.15, -0.1) is 0 Å². The lowest BCUT2D eigenvalue weighted by atomic mass is 10.0. The SMILES string of the molecule is Cc1cc(C)c(Nc2ccc(C(=O)O)cc2N)c(C)c1. The van der Waals surface area contributed by atoms with Gasteiger partial charge in [-0.05, 0) is 50.1 Å². The summed E-state index contributed by atoms with van der Waals surface area (Å²) in [6.07, 6.45) is 0. The quantitative estimate of drug-likeness (QED) is 0.744. The molecule has 0 aromatic heterocycles. The zero-order chi connectivity index (χ0) is 14.9. The van der Waals surface area contributed by atoms with Crippen LogP contribution in [0.15, 0.2) is 30.3 Å². The molecule has 0 atom stereocenters. The Kier molecular flexibility index (Phi) is 3.66. The van der Waals surface area contributed by atoms with Gasteiger partial charge in [-0.25, -0.2) is 4.79 Å². The molecule has 2 aromatic carbocycles. The van der Waals surface area contributed by atoms with Crippen molar-refractivity contribution in [2.24, 2.45) is 0 Å². The molecule has 4 heteroatoms. The Hall–Kier alpha value is -2.49. The maximum absolute atomic E-state index is 10.9. The molecule has 4 N–H and O–H groups in total. The van der Waals surface area contributed by atoms with Crippen molar-refractivity contribution in [2.45, 2.75) is 20.8 Å². The Morgan fingerprint density at radius 2 is 1.70 bits per heavy atom. The zero-order valence-electron chi connectivity index (χ0n) is 11.8. The highest BCUT2D eigenvalue weighted by Crippen LogP contribution is 2.29. The molecular formula is C16H18N2O2. The molecule has 0 aliphatic carbocycles. The molecule has 0 saturated carbocycles. The van der Waals surface area contributed by atoms with E-state index >= 15 is 0 Å². The molecule has 0 saturated heterocycles. The molecule has 0 unspecified atom stereocenters. The van der Waals surface area contributed by atoms with Gasteiger partial charge in [0, 0.05) is 5.69 Å². The summed E-state index contributed by atoms with van der Waals surface area (Å²) >= 11 is 0. The summed E-state index contributed by atoms with van der Waals surface area (Å²) in [5.74, 6) is -0.981. The number of hydrogen-bond donors (Lipinski definition) is 3. The van der Waals surface area contributed by atoms with Gasteiger partial charge in [-0.3, -0.25) is 0 Å². The standard InChI is InChI=1S/C16H18N2O2/c1-9-6-10(2)15(11(3)7-9)18-14-5-4-12(16(19)20)8-13(14)17/h4-8,18H,17H2,1-3H3,(H,19,20). The molecule has 0 bridgehead atoms. The molecule has 20 heavy (non-hydrogen) atoms. The summed E-state index contributed by atoms with van der Waals surface area (Å²) in [5, 5.41) is 12.2. The maximum Gasteiger partial charge on any atom is 0.335 e. The first-order chi connectivity index (χ1) is 9.38. The van der Waals surface area contributed by atoms with E-state index in [2.05, 4.69) is 24.4 Å². The largest absolute Gasteiger partial charge is 0.478 e. The third-order valence-electron chi connectivity index (χ3n) is 3.24. The number of rotatable bonds is 3. The van der Waals surface area contributed by atoms with Crippen LogP contribution in [0, 0.1) is 20.8 Å². The number of hydrogen-bond acceptors (Lipinski definition) is 3. The third kappa shape index (κ3) is 2.74. The Morgan fingerprint density at radius 1 is 1.10 bits per heavy atom. The summed E-state index contributed by atoms with van der Waals surface area (Å²) in [5.41, 5.74) is 11.7. The average molecular weight is 270 g/mol. The Bertz CT molecular complexity index is 655. The second-order valence-electron chi connectivity index (χ2n) is 5.01. The minimum absolute atomic E-state index is 0.186. The van der Waals surface area contributed by atoms with Crippen LogP contribution in [-0.2, 0) is 0 Å². The lowest BCUT2D eigenvalue weighted by Crippen LogP contribution is -2.03. The van der Waals surface area contributed by atoms with Crippen molar-refractivity contribution in [1.82, 2.24) is 0 Å². The number of carboxylic acid groups (broad SMARTS) is 1. The maximum atomic E-state index is 10.9. The van der Waals surface area contributed by atoms with Gasteiger partial charge in [0.25, 0.3) is 0 Å². The Labute approximate surface area is 118 Å². The molecule has 0 amide bonds. The summed E-state index contributed by atoms with van der Waals surface area (Å²) in [6, 6.07) is 8.88. The number of benzene rings is 2. The van der Waals surface area contributed by atoms with E-state index in [4.69, 9.17) is 10.8 Å². The lowest BCUT2D eigenvalue weighted by Gasteiger charge is -2.15. The molecule has 4 nitrogen and oxygen atoms in total. The fraction of sp³-hybridized carbons (Fsp3) is 0.188. The second kappa shape index (κ2) is 5.25. The first-order valence-corrected chi connectivity index (χ1v) is 6.36. The van der Waals surface area contributed by atoms with Crippen LogP contribution in [-0.4, -0.2) is 11.1 Å². The predicted molar refractivity (Wildman–Crippen MR) is 81.7 cm³/mol. The molecule has 0 aliphatic heterocycles. The van der Waals surface area contributed by atoms with Crippen molar-refractivity contribution in [3.8, 4) is 0 Å². The van der Waals surface area contributed by atoms with E-state index in [1.165, 1.54) is 11.6 Å². The van der Waals surface area contributed by atoms with E-state index in [0.29, 0.717) is 11.4 Å². The van der Waals surface area contributed by atoms with Gasteiger partial charge in [0.15, 0.2) is 0 Å². The lowest BCUT2D eigenvalue weighted by molar-refractivity contribution is 0.0697. The number of nitrogen functional groups attached to an aromatic ring is 1. The molecule has 2 aromatic rings. The van der Waals surface area contributed by atoms with Gasteiger partial charge in [0.1, 0.15) is 0 Å². The fourth-order valence-corrected chi connectivity index (χ4v) is 2.32. The average Bonchev–Trinajstić information content (AvgIpc) is 2.34. The van der Waals surface area contributed by atoms with Gasteiger partial charge >= 0.3 is 5.97 Å². The number of carbonyl (C=O) groups is 1. The molecule has 0 aliphatic rings. The van der Waals surface area contributed by atoms with Gasteiger partial charge in [-0.1, -0.05) is 17.7 Å². The summed E-state index contributed by atoms with van der Waals surface area (Å²) < 4.78 is 0. The van der Waals surface area contributed by atoms with Crippen LogP contribution in [0.2, 0.25) is 0 Å². The van der Waals surface area contributed by atoms with Crippen molar-refractivity contribution >= 4 is 23.0 Å². The molecule has 104 valence electrons. The number of aromatic carboxylic acids is 1. The van der Waals surface area contributed by atoms with Crippen molar-refractivity contribution in [3.63, 3.8) is 0 Å². The molecule has 0 heterocycles. The minimum atomic E-state index is -0.981. The summed E-state index contributed by atoms with van der Waals surface area (Å²) in [7, 11) is 0. The van der Waals surface area contributed by atoms with Crippen LogP contribution in [0.1, 0.15) is 27.0 Å². The van der Waals surface area contributed by atoms with Gasteiger partial charge in [0.05, 0.1) is 16.9 Å². The molecular weight excluding hydrogens is 252 g/mol. The first kappa shape index (κ1) is 13.9. The highest BCUT2D eigenvalue weighted by molar-refractivity contribution is 5.91. The van der Waals surface area contributed by atoms with E-state index in [1.807, 2.05) is 13.8 Å². The van der Waals surface area contributed by atoms with E-state index < -0.39 is 5.97 Å². The van der Waals surface area contributed by atoms with Crippen molar-refractivity contribution in [2.75, 3.05) is 11.1 Å². The van der Waals surface area contributed by atoms with Crippen LogP contribution in [0.25, 0.3) is 0 Å². The van der Waals surface area contributed by atoms with Crippen molar-refractivity contribution in [1.29, 1.82) is 0 Å². The molecule has 2 rings (SSSR count). The van der Waals surface area contributed by atoms with E-state index in [-0.39, 0.29) is 5.56 Å². The van der Waals surface area contributed by atoms with E-state index in [9.17, 15) is 4.79 Å². The van der Waals surface area contributed by atoms with Crippen LogP contribution in [0.5, 0.6) is 0 Å². The number of aryl methyl sites for hydroxylation is 3. The Morgan fingerprint density at radius 3 is 2.20 bits per heavy atom. The minimum Gasteiger partial charge on any atom is -0.478 e. The highest BCUT2D eigenvalue weighted by atomic mass is 16.4. The van der Waals surface area contributed by atoms with Gasteiger partial charge in [0.2, 0.25) is 0 Å². The van der Waals surface area contributed by atoms with Crippen LogP contribution >= 0.6 is 0 Å². The third-order valence-corrected chi connectivity index (χ3v) is 3.24. The monoisotopic (exact) mass is 270 g/mol. The van der Waals surface area contributed by atoms with Gasteiger partial charge < -0.3 is 16.2 Å². The van der Waals surface area contributed by atoms with E-state index in [0.717, 1.165) is 16.8 Å². The molecule has 0 spiro atoms. The van der Waals surface area contributed by atoms with Gasteiger partial charge in [-0.2, -0.15) is 0 Å². The van der Waals surface area contributed by atoms with Crippen LogP contribution < -0.4 is 11.1 Å². The van der Waals surface area contributed by atoms with Crippen LogP contribution in [0.3, 0.4) is 0 Å². The molecule has 0 radical (unpaired) electrons. The van der Waals surface area contributed by atoms with Crippen LogP contribution in [0.4, 0.5) is 17.1 Å². The number of carboxylic acids is 1. The Balaban J connectivity index is 2.38. The number of anilines is 3. The number of nitrogens with two attached hydrogens (primary N) is 1. The predicted octanol–water partition coefficient (Wildman–Crippen LogP) is 3.64. The summed E-state index contributed by atoms with van der Waals surface area (Å²) in [6.45, 7) is 6.12. The van der Waals surface area contributed by atoms with Crippen molar-refractivity contribution in [3.05, 3.63) is 52.6 Å². The highest BCUT2D eigenvalue weighted by Gasteiger charge is 2.09. The van der Waals surface area contributed by atoms with E-state index in [1.54, 1.807) is 12.1 Å². The second-order valence-corrected chi connectivity index (χ2v) is 5.01. The molecule has 0 fully saturated rings. The normalized spacial score (nSPS) is 10.3. The first-order valence-electron chi connectivity index (χ1n) is 6.36. The smallest absolute Gasteiger partial charge is 0.335 e. The zero-order valence-corrected chi connectivity index (χ0v) is 11.8. The number of nitrogens with one attached hydrogen (secondary N) is 1. The van der Waals surface area contributed by atoms with Crippen molar-refractivity contribution < 1.29 is 9.90 Å².